The molecule has 2 atom stereocenters. The highest BCUT2D eigenvalue weighted by Gasteiger charge is 2.47. The zero-order valence-electron chi connectivity index (χ0n) is 16.6. The monoisotopic (exact) mass is 382 g/mol. The molecule has 0 saturated carbocycles. The molecule has 0 saturated heterocycles. The largest absolute Gasteiger partial charge is 0.0758 e. The van der Waals surface area contributed by atoms with Gasteiger partial charge in [0.25, 0.3) is 0 Å². The van der Waals surface area contributed by atoms with Gasteiger partial charge in [0.05, 0.1) is 0 Å². The summed E-state index contributed by atoms with van der Waals surface area (Å²) in [6, 6.07) is 33.3. The lowest BCUT2D eigenvalue weighted by Gasteiger charge is -2.49. The predicted molar refractivity (Wildman–Crippen MR) is 124 cm³/mol. The van der Waals surface area contributed by atoms with Gasteiger partial charge in [-0.2, -0.15) is 0 Å². The Labute approximate surface area is 170 Å². The summed E-state index contributed by atoms with van der Waals surface area (Å²) in [5.74, 6) is 0.843. The van der Waals surface area contributed by atoms with Gasteiger partial charge in [-0.15, -0.1) is 0 Å². The van der Waals surface area contributed by atoms with E-state index in [-0.39, 0.29) is 5.16 Å². The van der Waals surface area contributed by atoms with Crippen LogP contribution >= 0.6 is 7.92 Å². The Morgan fingerprint density at radius 1 is 0.679 bits per heavy atom. The maximum Gasteiger partial charge on any atom is 0.0293 e. The normalized spacial score (nSPS) is 21.4. The second-order valence-electron chi connectivity index (χ2n) is 7.68. The first-order valence-electron chi connectivity index (χ1n) is 10.0. The third-order valence-corrected chi connectivity index (χ3v) is 9.12. The minimum atomic E-state index is -0.594. The van der Waals surface area contributed by atoms with E-state index in [4.69, 9.17) is 0 Å². The number of hydrogen-bond donors (Lipinski definition) is 0. The molecule has 4 rings (SSSR count). The van der Waals surface area contributed by atoms with Gasteiger partial charge in [0, 0.05) is 11.1 Å². The van der Waals surface area contributed by atoms with Gasteiger partial charge in [-0.05, 0) is 30.0 Å². The zero-order chi connectivity index (χ0) is 19.4. The molecule has 0 amide bonds. The number of hydrogen-bond acceptors (Lipinski definition) is 0. The van der Waals surface area contributed by atoms with Crippen LogP contribution in [0.15, 0.2) is 115 Å². The standard InChI is InChI=1S/C27H27P/c1-22(2)27(21-13-12-20-26(27)23-14-6-3-7-15-23)28(24-16-8-4-9-17-24)25-18-10-5-11-19-25/h3-22,26H,1-2H3. The molecule has 0 nitrogen and oxygen atoms in total. The van der Waals surface area contributed by atoms with Gasteiger partial charge in [-0.3, -0.25) is 0 Å². The molecule has 0 bridgehead atoms. The Hall–Kier alpha value is -2.43. The van der Waals surface area contributed by atoms with Crippen LogP contribution in [-0.2, 0) is 0 Å². The Morgan fingerprint density at radius 2 is 1.18 bits per heavy atom. The molecule has 0 aromatic heterocycles. The second-order valence-corrected chi connectivity index (χ2v) is 10.2. The van der Waals surface area contributed by atoms with E-state index in [1.807, 2.05) is 0 Å². The fraction of sp³-hybridized carbons (Fsp3) is 0.185. The third-order valence-electron chi connectivity index (χ3n) is 5.78. The Morgan fingerprint density at radius 3 is 1.68 bits per heavy atom. The summed E-state index contributed by atoms with van der Waals surface area (Å²) in [6.07, 6.45) is 9.40. The summed E-state index contributed by atoms with van der Waals surface area (Å²) in [5.41, 5.74) is 1.40. The summed E-state index contributed by atoms with van der Waals surface area (Å²) >= 11 is 0. The summed E-state index contributed by atoms with van der Waals surface area (Å²) in [4.78, 5) is 0. The Balaban J connectivity index is 1.97. The van der Waals surface area contributed by atoms with E-state index in [9.17, 15) is 0 Å². The van der Waals surface area contributed by atoms with E-state index in [1.54, 1.807) is 0 Å². The third kappa shape index (κ3) is 3.38. The molecule has 0 radical (unpaired) electrons. The smallest absolute Gasteiger partial charge is 0.0293 e. The van der Waals surface area contributed by atoms with Crippen molar-refractivity contribution in [2.45, 2.75) is 24.9 Å². The van der Waals surface area contributed by atoms with Crippen molar-refractivity contribution in [1.82, 2.24) is 0 Å². The van der Waals surface area contributed by atoms with Crippen molar-refractivity contribution >= 4 is 18.5 Å². The lowest BCUT2D eigenvalue weighted by atomic mass is 9.76. The van der Waals surface area contributed by atoms with Gasteiger partial charge in [0.1, 0.15) is 0 Å². The molecule has 1 aliphatic carbocycles. The molecule has 0 fully saturated rings. The fourth-order valence-corrected chi connectivity index (χ4v) is 7.85. The van der Waals surface area contributed by atoms with Gasteiger partial charge in [-0.1, -0.05) is 129 Å². The zero-order valence-corrected chi connectivity index (χ0v) is 17.5. The maximum absolute atomic E-state index is 2.50. The average Bonchev–Trinajstić information content (AvgIpc) is 2.76. The summed E-state index contributed by atoms with van der Waals surface area (Å²) in [6.45, 7) is 4.78. The van der Waals surface area contributed by atoms with Crippen LogP contribution in [0.3, 0.4) is 0 Å². The van der Waals surface area contributed by atoms with Crippen LogP contribution in [0.1, 0.15) is 25.3 Å². The van der Waals surface area contributed by atoms with E-state index < -0.39 is 7.92 Å². The Kier molecular flexibility index (Phi) is 5.60. The van der Waals surface area contributed by atoms with Crippen LogP contribution in [-0.4, -0.2) is 5.16 Å². The summed E-state index contributed by atoms with van der Waals surface area (Å²) < 4.78 is 0. The van der Waals surface area contributed by atoms with Gasteiger partial charge in [0.2, 0.25) is 0 Å². The highest BCUT2D eigenvalue weighted by Crippen LogP contribution is 2.61. The summed E-state index contributed by atoms with van der Waals surface area (Å²) in [7, 11) is -0.594. The highest BCUT2D eigenvalue weighted by atomic mass is 31.1. The first kappa shape index (κ1) is 18.9. The van der Waals surface area contributed by atoms with Crippen LogP contribution in [0.5, 0.6) is 0 Å². The van der Waals surface area contributed by atoms with Crippen molar-refractivity contribution in [3.8, 4) is 0 Å². The van der Waals surface area contributed by atoms with E-state index >= 15 is 0 Å². The molecule has 3 aromatic carbocycles. The van der Waals surface area contributed by atoms with E-state index in [1.165, 1.54) is 16.2 Å². The molecule has 140 valence electrons. The summed E-state index contributed by atoms with van der Waals surface area (Å²) in [5, 5.41) is 2.91. The topological polar surface area (TPSA) is 0 Å². The van der Waals surface area contributed by atoms with Crippen LogP contribution in [0.2, 0.25) is 0 Å². The molecular formula is C27H27P. The first-order valence-corrected chi connectivity index (χ1v) is 11.4. The molecule has 0 N–H and O–H groups in total. The van der Waals surface area contributed by atoms with Crippen molar-refractivity contribution in [2.24, 2.45) is 5.92 Å². The first-order chi connectivity index (χ1) is 13.7. The number of allylic oxidation sites excluding steroid dienone is 4. The van der Waals surface area contributed by atoms with Crippen molar-refractivity contribution < 1.29 is 0 Å². The Bertz CT molecular complexity index is 902. The van der Waals surface area contributed by atoms with Crippen LogP contribution in [0, 0.1) is 5.92 Å². The minimum Gasteiger partial charge on any atom is -0.0758 e. The van der Waals surface area contributed by atoms with Crippen molar-refractivity contribution in [3.63, 3.8) is 0 Å². The van der Waals surface area contributed by atoms with Gasteiger partial charge < -0.3 is 0 Å². The molecular weight excluding hydrogens is 355 g/mol. The van der Waals surface area contributed by atoms with E-state index in [2.05, 4.69) is 129 Å². The van der Waals surface area contributed by atoms with Gasteiger partial charge >= 0.3 is 0 Å². The fourth-order valence-electron chi connectivity index (χ4n) is 4.46. The molecule has 28 heavy (non-hydrogen) atoms. The van der Waals surface area contributed by atoms with Crippen molar-refractivity contribution in [2.75, 3.05) is 0 Å². The molecule has 0 aliphatic heterocycles. The number of benzene rings is 3. The molecule has 0 heterocycles. The lowest BCUT2D eigenvalue weighted by Crippen LogP contribution is -2.43. The quantitative estimate of drug-likeness (QED) is 0.446. The average molecular weight is 382 g/mol. The van der Waals surface area contributed by atoms with Crippen molar-refractivity contribution in [1.29, 1.82) is 0 Å². The highest BCUT2D eigenvalue weighted by molar-refractivity contribution is 7.74. The van der Waals surface area contributed by atoms with Gasteiger partial charge in [-0.25, -0.2) is 0 Å². The second kappa shape index (κ2) is 8.29. The van der Waals surface area contributed by atoms with Crippen LogP contribution in [0.25, 0.3) is 0 Å². The maximum atomic E-state index is 2.50. The lowest BCUT2D eigenvalue weighted by molar-refractivity contribution is 0.464. The van der Waals surface area contributed by atoms with Crippen molar-refractivity contribution in [3.05, 3.63) is 121 Å². The predicted octanol–water partition coefficient (Wildman–Crippen LogP) is 6.42. The SMILES string of the molecule is CC(C)C1(P(c2ccccc2)c2ccccc2)C=CC=CC1c1ccccc1. The van der Waals surface area contributed by atoms with Crippen LogP contribution < -0.4 is 10.6 Å². The molecule has 3 aromatic rings. The molecule has 1 heteroatoms. The van der Waals surface area contributed by atoms with E-state index in [0.717, 1.165) is 0 Å². The molecule has 0 spiro atoms. The minimum absolute atomic E-state index is 0.0220. The molecule has 2 unspecified atom stereocenters. The molecule has 1 aliphatic rings. The van der Waals surface area contributed by atoms with E-state index in [0.29, 0.717) is 11.8 Å². The number of rotatable bonds is 5. The van der Waals surface area contributed by atoms with Crippen LogP contribution in [0.4, 0.5) is 0 Å². The van der Waals surface area contributed by atoms with Gasteiger partial charge in [0.15, 0.2) is 0 Å².